The number of hydrogen-bond donors (Lipinski definition) is 2. The van der Waals surface area contributed by atoms with Crippen molar-refractivity contribution in [2.75, 3.05) is 20.3 Å². The van der Waals surface area contributed by atoms with Gasteiger partial charge in [0.05, 0.1) is 12.2 Å². The first-order chi connectivity index (χ1) is 8.54. The molecule has 0 aromatic heterocycles. The molecule has 1 rings (SSSR count). The van der Waals surface area contributed by atoms with Crippen LogP contribution in [-0.2, 0) is 4.74 Å². The smallest absolute Gasteiger partial charge is 0.254 e. The summed E-state index contributed by atoms with van der Waals surface area (Å²) >= 11 is 0. The number of benzene rings is 1. The van der Waals surface area contributed by atoms with Crippen molar-refractivity contribution in [3.8, 4) is 0 Å². The minimum absolute atomic E-state index is 0.201. The molecule has 1 aromatic carbocycles. The molecule has 3 N–H and O–H groups in total. The molecule has 0 spiro atoms. The van der Waals surface area contributed by atoms with E-state index in [-0.39, 0.29) is 18.2 Å². The Labute approximate surface area is 104 Å². The maximum absolute atomic E-state index is 13.3. The van der Waals surface area contributed by atoms with E-state index in [9.17, 15) is 13.6 Å². The lowest BCUT2D eigenvalue weighted by Gasteiger charge is -2.11. The minimum Gasteiger partial charge on any atom is -0.383 e. The summed E-state index contributed by atoms with van der Waals surface area (Å²) in [4.78, 5) is 11.6. The topological polar surface area (TPSA) is 64.3 Å². The summed E-state index contributed by atoms with van der Waals surface area (Å²) in [7, 11) is 1.53. The Morgan fingerprint density at radius 2 is 2.22 bits per heavy atom. The predicted octanol–water partition coefficient (Wildman–Crippen LogP) is 1.06. The van der Waals surface area contributed by atoms with E-state index in [1.807, 2.05) is 0 Å². The molecular formula is C12H16F2N2O2. The van der Waals surface area contributed by atoms with Crippen molar-refractivity contribution in [2.45, 2.75) is 12.5 Å². The second-order valence-corrected chi connectivity index (χ2v) is 3.88. The van der Waals surface area contributed by atoms with Crippen molar-refractivity contribution < 1.29 is 18.3 Å². The maximum atomic E-state index is 13.3. The van der Waals surface area contributed by atoms with Crippen LogP contribution in [-0.4, -0.2) is 32.2 Å². The summed E-state index contributed by atoms with van der Waals surface area (Å²) in [5, 5.41) is 2.48. The Bertz CT molecular complexity index is 413. The average molecular weight is 258 g/mol. The molecule has 0 aliphatic carbocycles. The number of carbonyl (C=O) groups excluding carboxylic acids is 1. The van der Waals surface area contributed by atoms with Crippen molar-refractivity contribution in [1.82, 2.24) is 5.32 Å². The Morgan fingerprint density at radius 3 is 2.89 bits per heavy atom. The quantitative estimate of drug-likeness (QED) is 0.802. The van der Waals surface area contributed by atoms with Crippen LogP contribution < -0.4 is 11.1 Å². The van der Waals surface area contributed by atoms with Gasteiger partial charge in [0.2, 0.25) is 0 Å². The highest BCUT2D eigenvalue weighted by atomic mass is 19.1. The molecule has 0 radical (unpaired) electrons. The largest absolute Gasteiger partial charge is 0.383 e. The van der Waals surface area contributed by atoms with Crippen LogP contribution in [0.4, 0.5) is 8.78 Å². The number of halogens is 2. The molecule has 0 aliphatic heterocycles. The van der Waals surface area contributed by atoms with E-state index in [1.54, 1.807) is 0 Å². The standard InChI is InChI=1S/C12H16F2N2O2/c1-18-7-9(15)4-5-16-12(17)10-6-8(13)2-3-11(10)14/h2-3,6,9H,4-5,7,15H2,1H3,(H,16,17). The molecule has 1 amide bonds. The average Bonchev–Trinajstić information content (AvgIpc) is 2.32. The van der Waals surface area contributed by atoms with Gasteiger partial charge >= 0.3 is 0 Å². The van der Waals surface area contributed by atoms with E-state index < -0.39 is 17.5 Å². The van der Waals surface area contributed by atoms with Gasteiger partial charge in [-0.3, -0.25) is 4.79 Å². The summed E-state index contributed by atoms with van der Waals surface area (Å²) in [6.45, 7) is 0.656. The highest BCUT2D eigenvalue weighted by Gasteiger charge is 2.12. The van der Waals surface area contributed by atoms with Crippen LogP contribution in [0.3, 0.4) is 0 Å². The Hall–Kier alpha value is -1.53. The summed E-state index contributed by atoms with van der Waals surface area (Å²) in [6, 6.07) is 2.54. The van der Waals surface area contributed by atoms with Crippen molar-refractivity contribution >= 4 is 5.91 Å². The summed E-state index contributed by atoms with van der Waals surface area (Å²) in [6.07, 6.45) is 0.497. The van der Waals surface area contributed by atoms with Crippen LogP contribution in [0.2, 0.25) is 0 Å². The van der Waals surface area contributed by atoms with E-state index >= 15 is 0 Å². The third-order valence-electron chi connectivity index (χ3n) is 2.35. The van der Waals surface area contributed by atoms with Gasteiger partial charge in [-0.15, -0.1) is 0 Å². The zero-order chi connectivity index (χ0) is 13.5. The van der Waals surface area contributed by atoms with Gasteiger partial charge in [0.25, 0.3) is 5.91 Å². The first-order valence-electron chi connectivity index (χ1n) is 5.52. The molecule has 0 bridgehead atoms. The van der Waals surface area contributed by atoms with Crippen LogP contribution in [0.5, 0.6) is 0 Å². The van der Waals surface area contributed by atoms with Gasteiger partial charge < -0.3 is 15.8 Å². The minimum atomic E-state index is -0.755. The third kappa shape index (κ3) is 4.38. The Morgan fingerprint density at radius 1 is 1.50 bits per heavy atom. The van der Waals surface area contributed by atoms with Crippen LogP contribution in [0.25, 0.3) is 0 Å². The molecule has 0 aliphatic rings. The predicted molar refractivity (Wildman–Crippen MR) is 63.2 cm³/mol. The first kappa shape index (κ1) is 14.5. The zero-order valence-corrected chi connectivity index (χ0v) is 10.1. The Kier molecular flexibility index (Phi) is 5.67. The van der Waals surface area contributed by atoms with Gasteiger partial charge in [-0.05, 0) is 24.6 Å². The van der Waals surface area contributed by atoms with E-state index in [2.05, 4.69) is 5.32 Å². The summed E-state index contributed by atoms with van der Waals surface area (Å²) in [5.74, 6) is -2.07. The second kappa shape index (κ2) is 7.03. The molecule has 4 nitrogen and oxygen atoms in total. The summed E-state index contributed by atoms with van der Waals surface area (Å²) in [5.41, 5.74) is 5.34. The number of carbonyl (C=O) groups is 1. The van der Waals surface area contributed by atoms with E-state index in [0.717, 1.165) is 18.2 Å². The Balaban J connectivity index is 2.48. The number of nitrogens with two attached hydrogens (primary N) is 1. The molecule has 18 heavy (non-hydrogen) atoms. The van der Waals surface area contributed by atoms with Gasteiger partial charge in [-0.2, -0.15) is 0 Å². The number of rotatable bonds is 6. The SMILES string of the molecule is COCC(N)CCNC(=O)c1cc(F)ccc1F. The molecule has 1 aromatic rings. The van der Waals surface area contributed by atoms with Gasteiger partial charge in [0, 0.05) is 19.7 Å². The molecule has 1 unspecified atom stereocenters. The number of hydrogen-bond acceptors (Lipinski definition) is 3. The van der Waals surface area contributed by atoms with Crippen LogP contribution >= 0.6 is 0 Å². The fourth-order valence-electron chi connectivity index (χ4n) is 1.44. The molecule has 1 atom stereocenters. The van der Waals surface area contributed by atoms with Crippen molar-refractivity contribution in [3.63, 3.8) is 0 Å². The van der Waals surface area contributed by atoms with Crippen LogP contribution in [0.15, 0.2) is 18.2 Å². The van der Waals surface area contributed by atoms with Gasteiger partial charge in [-0.1, -0.05) is 0 Å². The molecular weight excluding hydrogens is 242 g/mol. The molecule has 0 saturated carbocycles. The molecule has 0 saturated heterocycles. The lowest BCUT2D eigenvalue weighted by molar-refractivity contribution is 0.0945. The van der Waals surface area contributed by atoms with E-state index in [0.29, 0.717) is 13.0 Å². The van der Waals surface area contributed by atoms with Crippen LogP contribution in [0.1, 0.15) is 16.8 Å². The number of ether oxygens (including phenoxy) is 1. The molecule has 0 heterocycles. The highest BCUT2D eigenvalue weighted by Crippen LogP contribution is 2.09. The maximum Gasteiger partial charge on any atom is 0.254 e. The van der Waals surface area contributed by atoms with Crippen molar-refractivity contribution in [1.29, 1.82) is 0 Å². The number of nitrogens with one attached hydrogen (secondary N) is 1. The van der Waals surface area contributed by atoms with Gasteiger partial charge in [-0.25, -0.2) is 8.78 Å². The number of amides is 1. The fourth-order valence-corrected chi connectivity index (χ4v) is 1.44. The van der Waals surface area contributed by atoms with Crippen LogP contribution in [0, 0.1) is 11.6 Å². The third-order valence-corrected chi connectivity index (χ3v) is 2.35. The molecule has 6 heteroatoms. The first-order valence-corrected chi connectivity index (χ1v) is 5.52. The zero-order valence-electron chi connectivity index (χ0n) is 10.1. The summed E-state index contributed by atoms with van der Waals surface area (Å²) < 4.78 is 31.0. The van der Waals surface area contributed by atoms with Crippen molar-refractivity contribution in [2.24, 2.45) is 5.73 Å². The fraction of sp³-hybridized carbons (Fsp3) is 0.417. The van der Waals surface area contributed by atoms with E-state index in [4.69, 9.17) is 10.5 Å². The van der Waals surface area contributed by atoms with Crippen molar-refractivity contribution in [3.05, 3.63) is 35.4 Å². The normalized spacial score (nSPS) is 12.2. The number of methoxy groups -OCH3 is 1. The lowest BCUT2D eigenvalue weighted by Crippen LogP contribution is -2.33. The molecule has 0 fully saturated rings. The van der Waals surface area contributed by atoms with Gasteiger partial charge in [0.1, 0.15) is 11.6 Å². The highest BCUT2D eigenvalue weighted by molar-refractivity contribution is 5.94. The van der Waals surface area contributed by atoms with Gasteiger partial charge in [0.15, 0.2) is 0 Å². The monoisotopic (exact) mass is 258 g/mol. The second-order valence-electron chi connectivity index (χ2n) is 3.88. The van der Waals surface area contributed by atoms with E-state index in [1.165, 1.54) is 7.11 Å². The molecule has 100 valence electrons. The lowest BCUT2D eigenvalue weighted by atomic mass is 10.2.